The minimum atomic E-state index is -3.77. The molecule has 0 spiro atoms. The van der Waals surface area contributed by atoms with Gasteiger partial charge in [-0.2, -0.15) is 4.31 Å². The first-order valence-electron chi connectivity index (χ1n) is 11.9. The number of sulfonamides is 1. The molecule has 0 unspecified atom stereocenters. The third-order valence-corrected chi connectivity index (χ3v) is 8.14. The Morgan fingerprint density at radius 1 is 0.853 bits per heavy atom. The van der Waals surface area contributed by atoms with Crippen LogP contribution in [-0.4, -0.2) is 57.4 Å². The van der Waals surface area contributed by atoms with E-state index in [2.05, 4.69) is 10.2 Å². The van der Waals surface area contributed by atoms with Gasteiger partial charge in [-0.25, -0.2) is 13.2 Å². The number of nitrogens with one attached hydrogen (secondary N) is 1. The molecule has 1 N–H and O–H groups in total. The lowest BCUT2D eigenvalue weighted by atomic mass is 10.1. The molecule has 0 radical (unpaired) electrons. The summed E-state index contributed by atoms with van der Waals surface area (Å²) in [5.74, 6) is -1.20. The van der Waals surface area contributed by atoms with E-state index in [1.165, 1.54) is 10.4 Å². The van der Waals surface area contributed by atoms with Crippen molar-refractivity contribution in [1.82, 2.24) is 4.31 Å². The molecular formula is C25H31N3O5S. The maximum Gasteiger partial charge on any atom is 0.338 e. The van der Waals surface area contributed by atoms with Gasteiger partial charge in [-0.15, -0.1) is 0 Å². The second kappa shape index (κ2) is 11.0. The first-order chi connectivity index (χ1) is 16.4. The Labute approximate surface area is 200 Å². The summed E-state index contributed by atoms with van der Waals surface area (Å²) in [6.07, 6.45) is 5.81. The first-order valence-corrected chi connectivity index (χ1v) is 13.3. The number of nitrogens with zero attached hydrogens (tertiary/aromatic N) is 2. The number of para-hydroxylation sites is 1. The second-order valence-electron chi connectivity index (χ2n) is 8.69. The number of hydrogen-bond donors (Lipinski definition) is 1. The van der Waals surface area contributed by atoms with E-state index in [-0.39, 0.29) is 10.5 Å². The number of carbonyl (C=O) groups is 2. The topological polar surface area (TPSA) is 96.0 Å². The lowest BCUT2D eigenvalue weighted by Crippen LogP contribution is -2.37. The molecule has 4 rings (SSSR count). The van der Waals surface area contributed by atoms with Crippen molar-refractivity contribution in [3.8, 4) is 0 Å². The van der Waals surface area contributed by atoms with Crippen LogP contribution >= 0.6 is 0 Å². The van der Waals surface area contributed by atoms with Crippen LogP contribution in [0.4, 0.5) is 11.4 Å². The summed E-state index contributed by atoms with van der Waals surface area (Å²) in [5, 5.41) is 2.65. The van der Waals surface area contributed by atoms with Gasteiger partial charge in [0.1, 0.15) is 4.90 Å². The minimum Gasteiger partial charge on any atom is -0.452 e. The molecule has 9 heteroatoms. The molecule has 8 nitrogen and oxygen atoms in total. The van der Waals surface area contributed by atoms with Crippen LogP contribution in [0.3, 0.4) is 0 Å². The number of esters is 1. The zero-order valence-corrected chi connectivity index (χ0v) is 20.1. The highest BCUT2D eigenvalue weighted by molar-refractivity contribution is 7.89. The Morgan fingerprint density at radius 2 is 1.50 bits per heavy atom. The average molecular weight is 486 g/mol. The predicted octanol–water partition coefficient (Wildman–Crippen LogP) is 3.65. The van der Waals surface area contributed by atoms with Crippen LogP contribution in [0.2, 0.25) is 0 Å². The lowest BCUT2D eigenvalue weighted by Gasteiger charge is -2.33. The SMILES string of the molecule is O=C(COC(=O)c1ccc(N2CCCCC2)c(S(=O)(=O)N2CCCCC2)c1)Nc1ccccc1. The molecule has 182 valence electrons. The Morgan fingerprint density at radius 3 is 2.18 bits per heavy atom. The van der Waals surface area contributed by atoms with Crippen molar-refractivity contribution in [2.75, 3.05) is 43.0 Å². The van der Waals surface area contributed by atoms with E-state index in [0.717, 1.165) is 51.6 Å². The number of anilines is 2. The minimum absolute atomic E-state index is 0.115. The summed E-state index contributed by atoms with van der Waals surface area (Å²) >= 11 is 0. The van der Waals surface area contributed by atoms with Crippen molar-refractivity contribution in [3.63, 3.8) is 0 Å². The molecule has 0 bridgehead atoms. The fourth-order valence-electron chi connectivity index (χ4n) is 4.42. The maximum atomic E-state index is 13.6. The molecule has 0 aromatic heterocycles. The van der Waals surface area contributed by atoms with Gasteiger partial charge in [0.2, 0.25) is 10.0 Å². The monoisotopic (exact) mass is 485 g/mol. The standard InChI is InChI=1S/C25H31N3O5S/c29-24(26-21-10-4-1-5-11-21)19-33-25(30)20-12-13-22(27-14-6-2-7-15-27)23(18-20)34(31,32)28-16-8-3-9-17-28/h1,4-5,10-13,18H,2-3,6-9,14-17,19H2,(H,26,29). The molecule has 0 saturated carbocycles. The van der Waals surface area contributed by atoms with E-state index < -0.39 is 28.5 Å². The highest BCUT2D eigenvalue weighted by Gasteiger charge is 2.31. The van der Waals surface area contributed by atoms with Crippen LogP contribution < -0.4 is 10.2 Å². The Bertz CT molecular complexity index is 1110. The summed E-state index contributed by atoms with van der Waals surface area (Å²) in [4.78, 5) is 27.1. The highest BCUT2D eigenvalue weighted by Crippen LogP contribution is 2.32. The normalized spacial score (nSPS) is 17.2. The van der Waals surface area contributed by atoms with Crippen LogP contribution in [0, 0.1) is 0 Å². The molecule has 0 aliphatic carbocycles. The van der Waals surface area contributed by atoms with Gasteiger partial charge in [-0.3, -0.25) is 4.79 Å². The quantitative estimate of drug-likeness (QED) is 0.602. The van der Waals surface area contributed by atoms with Gasteiger partial charge in [-0.05, 0) is 62.4 Å². The van der Waals surface area contributed by atoms with Gasteiger partial charge in [0.05, 0.1) is 11.3 Å². The van der Waals surface area contributed by atoms with E-state index in [1.807, 2.05) is 6.07 Å². The fourth-order valence-corrected chi connectivity index (χ4v) is 6.18. The number of carbonyl (C=O) groups excluding carboxylic acids is 2. The van der Waals surface area contributed by atoms with Crippen molar-refractivity contribution >= 4 is 33.3 Å². The molecule has 2 aliphatic heterocycles. The van der Waals surface area contributed by atoms with Crippen LogP contribution in [0.15, 0.2) is 53.4 Å². The number of benzene rings is 2. The van der Waals surface area contributed by atoms with Crippen molar-refractivity contribution < 1.29 is 22.7 Å². The molecule has 0 atom stereocenters. The molecular weight excluding hydrogens is 454 g/mol. The van der Waals surface area contributed by atoms with Gasteiger partial charge in [-0.1, -0.05) is 24.6 Å². The molecule has 2 aromatic carbocycles. The second-order valence-corrected chi connectivity index (χ2v) is 10.6. The van der Waals surface area contributed by atoms with Crippen LogP contribution in [-0.2, 0) is 19.6 Å². The van der Waals surface area contributed by atoms with Crippen molar-refractivity contribution in [3.05, 3.63) is 54.1 Å². The summed E-state index contributed by atoms with van der Waals surface area (Å²) in [7, 11) is -3.77. The summed E-state index contributed by atoms with van der Waals surface area (Å²) in [6, 6.07) is 13.6. The van der Waals surface area contributed by atoms with Gasteiger partial charge in [0.25, 0.3) is 5.91 Å². The third kappa shape index (κ3) is 5.77. The fraction of sp³-hybridized carbons (Fsp3) is 0.440. The molecule has 2 heterocycles. The number of rotatable bonds is 7. The lowest BCUT2D eigenvalue weighted by molar-refractivity contribution is -0.119. The predicted molar refractivity (Wildman–Crippen MR) is 130 cm³/mol. The van der Waals surface area contributed by atoms with E-state index in [4.69, 9.17) is 4.74 Å². The number of hydrogen-bond acceptors (Lipinski definition) is 6. The Kier molecular flexibility index (Phi) is 7.84. The van der Waals surface area contributed by atoms with Crippen molar-refractivity contribution in [2.24, 2.45) is 0 Å². The van der Waals surface area contributed by atoms with Gasteiger partial charge >= 0.3 is 5.97 Å². The first kappa shape index (κ1) is 24.2. The zero-order valence-electron chi connectivity index (χ0n) is 19.2. The molecule has 2 aromatic rings. The third-order valence-electron chi connectivity index (χ3n) is 6.22. The summed E-state index contributed by atoms with van der Waals surface area (Å²) in [5.41, 5.74) is 1.34. The van der Waals surface area contributed by atoms with Crippen molar-refractivity contribution in [1.29, 1.82) is 0 Å². The zero-order chi connectivity index (χ0) is 24.0. The van der Waals surface area contributed by atoms with Gasteiger partial charge < -0.3 is 15.0 Å². The summed E-state index contributed by atoms with van der Waals surface area (Å²) in [6.45, 7) is 2.07. The summed E-state index contributed by atoms with van der Waals surface area (Å²) < 4.78 is 33.9. The van der Waals surface area contributed by atoms with Crippen LogP contribution in [0.25, 0.3) is 0 Å². The number of piperidine rings is 2. The molecule has 34 heavy (non-hydrogen) atoms. The molecule has 2 saturated heterocycles. The molecule has 1 amide bonds. The van der Waals surface area contributed by atoms with Gasteiger partial charge in [0, 0.05) is 31.9 Å². The van der Waals surface area contributed by atoms with E-state index in [1.54, 1.807) is 36.4 Å². The maximum absolute atomic E-state index is 13.6. The van der Waals surface area contributed by atoms with E-state index >= 15 is 0 Å². The Balaban J connectivity index is 1.53. The average Bonchev–Trinajstić information content (AvgIpc) is 2.88. The smallest absolute Gasteiger partial charge is 0.338 e. The largest absolute Gasteiger partial charge is 0.452 e. The van der Waals surface area contributed by atoms with Crippen LogP contribution in [0.5, 0.6) is 0 Å². The van der Waals surface area contributed by atoms with Gasteiger partial charge in [0.15, 0.2) is 6.61 Å². The molecule has 2 fully saturated rings. The van der Waals surface area contributed by atoms with E-state index in [0.29, 0.717) is 24.5 Å². The van der Waals surface area contributed by atoms with E-state index in [9.17, 15) is 18.0 Å². The van der Waals surface area contributed by atoms with Crippen LogP contribution in [0.1, 0.15) is 48.9 Å². The Hall–Kier alpha value is -2.91. The highest BCUT2D eigenvalue weighted by atomic mass is 32.2. The number of ether oxygens (including phenoxy) is 1. The molecule has 2 aliphatic rings. The number of amides is 1. The van der Waals surface area contributed by atoms with Crippen molar-refractivity contribution in [2.45, 2.75) is 43.4 Å².